The molecule has 0 aromatic rings. The maximum atomic E-state index is 12.2. The molecule has 0 aromatic heterocycles. The van der Waals surface area contributed by atoms with Crippen molar-refractivity contribution >= 4 is 12.0 Å². The summed E-state index contributed by atoms with van der Waals surface area (Å²) in [6.45, 7) is 3.01. The summed E-state index contributed by atoms with van der Waals surface area (Å²) >= 11 is 0. The molecule has 0 aromatic carbocycles. The van der Waals surface area contributed by atoms with Gasteiger partial charge in [0.25, 0.3) is 0 Å². The van der Waals surface area contributed by atoms with Gasteiger partial charge in [-0.3, -0.25) is 4.79 Å². The summed E-state index contributed by atoms with van der Waals surface area (Å²) in [7, 11) is 0. The van der Waals surface area contributed by atoms with Crippen LogP contribution in [0.2, 0.25) is 0 Å². The largest absolute Gasteiger partial charge is 0.481 e. The van der Waals surface area contributed by atoms with Crippen LogP contribution in [-0.2, 0) is 4.79 Å². The molecule has 0 spiro atoms. The van der Waals surface area contributed by atoms with Crippen molar-refractivity contribution in [1.29, 1.82) is 0 Å². The number of hydrogen-bond donors (Lipinski definition) is 3. The van der Waals surface area contributed by atoms with Crippen LogP contribution in [0.4, 0.5) is 4.79 Å². The first-order chi connectivity index (χ1) is 9.37. The monoisotopic (exact) mass is 284 g/mol. The Morgan fingerprint density at radius 1 is 1.25 bits per heavy atom. The van der Waals surface area contributed by atoms with E-state index in [-0.39, 0.29) is 18.0 Å². The Morgan fingerprint density at radius 3 is 2.65 bits per heavy atom. The molecule has 6 heteroatoms. The molecule has 2 rings (SSSR count). The molecule has 20 heavy (non-hydrogen) atoms. The van der Waals surface area contributed by atoms with Crippen molar-refractivity contribution in [2.75, 3.05) is 13.1 Å². The van der Waals surface area contributed by atoms with E-state index in [9.17, 15) is 14.7 Å². The lowest BCUT2D eigenvalue weighted by molar-refractivity contribution is -0.141. The zero-order valence-corrected chi connectivity index (χ0v) is 12.0. The number of amides is 2. The van der Waals surface area contributed by atoms with E-state index in [1.165, 1.54) is 0 Å². The lowest BCUT2D eigenvalue weighted by atomic mass is 9.98. The molecule has 3 atom stereocenters. The normalized spacial score (nSPS) is 34.6. The topological polar surface area (TPSA) is 89.9 Å². The second-order valence-electron chi connectivity index (χ2n) is 6.33. The average molecular weight is 284 g/mol. The van der Waals surface area contributed by atoms with E-state index in [1.807, 2.05) is 6.92 Å². The molecule has 0 radical (unpaired) electrons. The first-order valence-electron chi connectivity index (χ1n) is 7.38. The molecule has 1 saturated heterocycles. The SMILES string of the molecule is CC1(O)CCCN(C(=O)N[C@H]2CC[C@@H](C(=O)O)C2)CC1. The Labute approximate surface area is 119 Å². The number of carbonyl (C=O) groups is 2. The van der Waals surface area contributed by atoms with Crippen LogP contribution in [0.3, 0.4) is 0 Å². The van der Waals surface area contributed by atoms with Crippen LogP contribution in [0, 0.1) is 5.92 Å². The minimum atomic E-state index is -0.771. The molecule has 1 unspecified atom stereocenters. The van der Waals surface area contributed by atoms with Crippen LogP contribution >= 0.6 is 0 Å². The van der Waals surface area contributed by atoms with E-state index in [4.69, 9.17) is 5.11 Å². The number of aliphatic carboxylic acids is 1. The van der Waals surface area contributed by atoms with E-state index in [0.717, 1.165) is 12.8 Å². The fourth-order valence-electron chi connectivity index (χ4n) is 3.07. The number of urea groups is 1. The molecular weight excluding hydrogens is 260 g/mol. The fraction of sp³-hybridized carbons (Fsp3) is 0.857. The summed E-state index contributed by atoms with van der Waals surface area (Å²) in [6.07, 6.45) is 3.98. The fourth-order valence-corrected chi connectivity index (χ4v) is 3.07. The van der Waals surface area contributed by atoms with Crippen LogP contribution in [0.5, 0.6) is 0 Å². The molecule has 0 bridgehead atoms. The van der Waals surface area contributed by atoms with Crippen molar-refractivity contribution in [2.24, 2.45) is 5.92 Å². The zero-order chi connectivity index (χ0) is 14.8. The Hall–Kier alpha value is -1.30. The molecule has 1 heterocycles. The van der Waals surface area contributed by atoms with Gasteiger partial charge < -0.3 is 20.4 Å². The van der Waals surface area contributed by atoms with Crippen LogP contribution in [0.15, 0.2) is 0 Å². The summed E-state index contributed by atoms with van der Waals surface area (Å²) in [6, 6.07) is -0.161. The number of carboxylic acid groups (broad SMARTS) is 1. The highest BCUT2D eigenvalue weighted by molar-refractivity contribution is 5.75. The smallest absolute Gasteiger partial charge is 0.317 e. The molecular formula is C14H24N2O4. The minimum Gasteiger partial charge on any atom is -0.481 e. The van der Waals surface area contributed by atoms with E-state index < -0.39 is 11.6 Å². The second-order valence-corrected chi connectivity index (χ2v) is 6.33. The summed E-state index contributed by atoms with van der Waals surface area (Å²) in [5.74, 6) is -1.10. The quantitative estimate of drug-likeness (QED) is 0.710. The van der Waals surface area contributed by atoms with E-state index >= 15 is 0 Å². The minimum absolute atomic E-state index is 0.0348. The molecule has 2 amide bonds. The van der Waals surface area contributed by atoms with Gasteiger partial charge in [0.05, 0.1) is 11.5 Å². The van der Waals surface area contributed by atoms with Crippen LogP contribution in [0.25, 0.3) is 0 Å². The highest BCUT2D eigenvalue weighted by Crippen LogP contribution is 2.26. The Bertz CT molecular complexity index is 383. The highest BCUT2D eigenvalue weighted by atomic mass is 16.4. The third-order valence-electron chi connectivity index (χ3n) is 4.46. The Kier molecular flexibility index (Phi) is 4.52. The van der Waals surface area contributed by atoms with Gasteiger partial charge in [0.2, 0.25) is 0 Å². The van der Waals surface area contributed by atoms with Gasteiger partial charge in [0, 0.05) is 19.1 Å². The van der Waals surface area contributed by atoms with E-state index in [1.54, 1.807) is 4.90 Å². The molecule has 3 N–H and O–H groups in total. The summed E-state index contributed by atoms with van der Waals surface area (Å²) in [5.41, 5.74) is -0.684. The third-order valence-corrected chi connectivity index (χ3v) is 4.46. The average Bonchev–Trinajstić information content (AvgIpc) is 2.74. The van der Waals surface area contributed by atoms with Gasteiger partial charge in [0.1, 0.15) is 0 Å². The number of carbonyl (C=O) groups excluding carboxylic acids is 1. The predicted molar refractivity (Wildman–Crippen MR) is 73.3 cm³/mol. The van der Waals surface area contributed by atoms with Crippen LogP contribution in [-0.4, -0.2) is 51.8 Å². The Morgan fingerprint density at radius 2 is 2.00 bits per heavy atom. The second kappa shape index (κ2) is 5.99. The van der Waals surface area contributed by atoms with Gasteiger partial charge in [-0.25, -0.2) is 4.79 Å². The van der Waals surface area contributed by atoms with Gasteiger partial charge in [-0.05, 0) is 45.4 Å². The number of likely N-dealkylation sites (tertiary alicyclic amines) is 1. The third kappa shape index (κ3) is 3.85. The number of carboxylic acids is 1. The van der Waals surface area contributed by atoms with Crippen molar-refractivity contribution in [1.82, 2.24) is 10.2 Å². The molecule has 6 nitrogen and oxygen atoms in total. The molecule has 114 valence electrons. The van der Waals surface area contributed by atoms with Crippen LogP contribution < -0.4 is 5.32 Å². The number of nitrogens with one attached hydrogen (secondary N) is 1. The van der Waals surface area contributed by atoms with Gasteiger partial charge in [0.15, 0.2) is 0 Å². The van der Waals surface area contributed by atoms with E-state index in [0.29, 0.717) is 38.8 Å². The molecule has 2 aliphatic rings. The maximum absolute atomic E-state index is 12.2. The number of rotatable bonds is 2. The van der Waals surface area contributed by atoms with Crippen molar-refractivity contribution in [3.8, 4) is 0 Å². The zero-order valence-electron chi connectivity index (χ0n) is 12.0. The standard InChI is InChI=1S/C14H24N2O4/c1-14(20)5-2-7-16(8-6-14)13(19)15-11-4-3-10(9-11)12(17)18/h10-11,20H,2-9H2,1H3,(H,15,19)(H,17,18)/t10-,11+,14?/m1/s1. The summed E-state index contributed by atoms with van der Waals surface area (Å²) in [4.78, 5) is 24.8. The Balaban J connectivity index is 1.82. The highest BCUT2D eigenvalue weighted by Gasteiger charge is 2.32. The molecule has 1 aliphatic carbocycles. The lowest BCUT2D eigenvalue weighted by Crippen LogP contribution is -2.45. The molecule has 1 saturated carbocycles. The first-order valence-corrected chi connectivity index (χ1v) is 7.38. The van der Waals surface area contributed by atoms with Gasteiger partial charge in [-0.15, -0.1) is 0 Å². The van der Waals surface area contributed by atoms with Crippen molar-refractivity contribution < 1.29 is 19.8 Å². The van der Waals surface area contributed by atoms with Crippen molar-refractivity contribution in [2.45, 2.75) is 57.1 Å². The van der Waals surface area contributed by atoms with Gasteiger partial charge >= 0.3 is 12.0 Å². The number of aliphatic hydroxyl groups is 1. The van der Waals surface area contributed by atoms with Gasteiger partial charge in [-0.2, -0.15) is 0 Å². The first kappa shape index (κ1) is 15.1. The number of nitrogens with zero attached hydrogens (tertiary/aromatic N) is 1. The van der Waals surface area contributed by atoms with Gasteiger partial charge in [-0.1, -0.05) is 0 Å². The maximum Gasteiger partial charge on any atom is 0.317 e. The lowest BCUT2D eigenvalue weighted by Gasteiger charge is -2.24. The van der Waals surface area contributed by atoms with Crippen molar-refractivity contribution in [3.63, 3.8) is 0 Å². The molecule has 1 aliphatic heterocycles. The summed E-state index contributed by atoms with van der Waals surface area (Å²) < 4.78 is 0. The molecule has 2 fully saturated rings. The van der Waals surface area contributed by atoms with Crippen molar-refractivity contribution in [3.05, 3.63) is 0 Å². The predicted octanol–water partition coefficient (Wildman–Crippen LogP) is 1.19. The van der Waals surface area contributed by atoms with E-state index in [2.05, 4.69) is 5.32 Å². The number of hydrogen-bond acceptors (Lipinski definition) is 3. The summed E-state index contributed by atoms with van der Waals surface area (Å²) in [5, 5.41) is 21.9. The van der Waals surface area contributed by atoms with Crippen LogP contribution in [0.1, 0.15) is 45.4 Å².